The maximum absolute atomic E-state index is 6.17. The number of halogens is 2. The lowest BCUT2D eigenvalue weighted by molar-refractivity contribution is 0.572. The lowest BCUT2D eigenvalue weighted by Gasteiger charge is -2.17. The molecule has 2 rings (SSSR count). The van der Waals surface area contributed by atoms with Gasteiger partial charge in [0, 0.05) is 22.6 Å². The van der Waals surface area contributed by atoms with Crippen molar-refractivity contribution in [2.45, 2.75) is 26.4 Å². The van der Waals surface area contributed by atoms with E-state index in [0.29, 0.717) is 10.0 Å². The fourth-order valence-electron chi connectivity index (χ4n) is 2.11. The van der Waals surface area contributed by atoms with Crippen LogP contribution in [-0.4, -0.2) is 0 Å². The summed E-state index contributed by atoms with van der Waals surface area (Å²) in [7, 11) is 0. The summed E-state index contributed by atoms with van der Waals surface area (Å²) >= 11 is 12.1. The molecule has 3 heteroatoms. The zero-order valence-electron chi connectivity index (χ0n) is 11.1. The van der Waals surface area contributed by atoms with Crippen LogP contribution < -0.4 is 5.32 Å². The topological polar surface area (TPSA) is 12.0 Å². The number of benzene rings is 2. The molecule has 1 nitrogen and oxygen atoms in total. The minimum atomic E-state index is 0.285. The lowest BCUT2D eigenvalue weighted by atomic mass is 10.0. The Morgan fingerprint density at radius 2 is 1.84 bits per heavy atom. The van der Waals surface area contributed by atoms with Gasteiger partial charge in [-0.1, -0.05) is 53.5 Å². The molecule has 1 atom stereocenters. The molecule has 0 bridgehead atoms. The molecular formula is C16H17Cl2N. The summed E-state index contributed by atoms with van der Waals surface area (Å²) in [6.45, 7) is 5.01. The Labute approximate surface area is 124 Å². The van der Waals surface area contributed by atoms with E-state index in [1.54, 1.807) is 6.07 Å². The summed E-state index contributed by atoms with van der Waals surface area (Å²) in [5.74, 6) is 0. The van der Waals surface area contributed by atoms with Crippen molar-refractivity contribution < 1.29 is 0 Å². The van der Waals surface area contributed by atoms with Crippen LogP contribution in [0.3, 0.4) is 0 Å². The van der Waals surface area contributed by atoms with Crippen molar-refractivity contribution >= 4 is 23.2 Å². The molecule has 0 heterocycles. The highest BCUT2D eigenvalue weighted by molar-refractivity contribution is 6.35. The smallest absolute Gasteiger partial charge is 0.0465 e. The van der Waals surface area contributed by atoms with Crippen LogP contribution >= 0.6 is 23.2 Å². The molecule has 0 spiro atoms. The SMILES string of the molecule is Cc1ccccc1[C@@H](C)NCc1ccc(Cl)cc1Cl. The van der Waals surface area contributed by atoms with Crippen molar-refractivity contribution in [2.75, 3.05) is 0 Å². The van der Waals surface area contributed by atoms with Crippen molar-refractivity contribution in [3.8, 4) is 0 Å². The van der Waals surface area contributed by atoms with Gasteiger partial charge in [-0.2, -0.15) is 0 Å². The summed E-state index contributed by atoms with van der Waals surface area (Å²) in [4.78, 5) is 0. The molecule has 0 unspecified atom stereocenters. The molecule has 0 saturated carbocycles. The first-order valence-corrected chi connectivity index (χ1v) is 7.06. The third kappa shape index (κ3) is 3.73. The third-order valence-corrected chi connectivity index (χ3v) is 3.86. The van der Waals surface area contributed by atoms with Gasteiger partial charge in [-0.25, -0.2) is 0 Å². The van der Waals surface area contributed by atoms with E-state index < -0.39 is 0 Å². The van der Waals surface area contributed by atoms with Gasteiger partial charge in [-0.15, -0.1) is 0 Å². The maximum Gasteiger partial charge on any atom is 0.0465 e. The van der Waals surface area contributed by atoms with Gasteiger partial charge in [0.15, 0.2) is 0 Å². The molecule has 0 saturated heterocycles. The zero-order valence-corrected chi connectivity index (χ0v) is 12.6. The average Bonchev–Trinajstić information content (AvgIpc) is 2.38. The molecule has 0 radical (unpaired) electrons. The van der Waals surface area contributed by atoms with Crippen molar-refractivity contribution in [1.29, 1.82) is 0 Å². The number of nitrogens with one attached hydrogen (secondary N) is 1. The zero-order chi connectivity index (χ0) is 13.8. The molecular weight excluding hydrogens is 277 g/mol. The van der Waals surface area contributed by atoms with Gasteiger partial charge in [0.1, 0.15) is 0 Å². The van der Waals surface area contributed by atoms with Gasteiger partial charge >= 0.3 is 0 Å². The number of hydrogen-bond acceptors (Lipinski definition) is 1. The molecule has 0 aliphatic heterocycles. The predicted molar refractivity (Wildman–Crippen MR) is 82.9 cm³/mol. The standard InChI is InChI=1S/C16H17Cl2N/c1-11-5-3-4-6-15(11)12(2)19-10-13-7-8-14(17)9-16(13)18/h3-9,12,19H,10H2,1-2H3/t12-/m1/s1. The second-order valence-electron chi connectivity index (χ2n) is 4.69. The van der Waals surface area contributed by atoms with Gasteiger partial charge < -0.3 is 5.32 Å². The van der Waals surface area contributed by atoms with Crippen molar-refractivity contribution in [1.82, 2.24) is 5.32 Å². The Morgan fingerprint density at radius 1 is 1.11 bits per heavy atom. The lowest BCUT2D eigenvalue weighted by Crippen LogP contribution is -2.19. The van der Waals surface area contributed by atoms with Gasteiger partial charge in [-0.3, -0.25) is 0 Å². The second kappa shape index (κ2) is 6.42. The first-order valence-electron chi connectivity index (χ1n) is 6.31. The largest absolute Gasteiger partial charge is 0.306 e. The summed E-state index contributed by atoms with van der Waals surface area (Å²) < 4.78 is 0. The Morgan fingerprint density at radius 3 is 2.53 bits per heavy atom. The molecule has 1 N–H and O–H groups in total. The predicted octanol–water partition coefficient (Wildman–Crippen LogP) is 5.15. The summed E-state index contributed by atoms with van der Waals surface area (Å²) in [6, 6.07) is 14.3. The minimum Gasteiger partial charge on any atom is -0.306 e. The van der Waals surface area contributed by atoms with Gasteiger partial charge in [0.25, 0.3) is 0 Å². The van der Waals surface area contributed by atoms with Gasteiger partial charge in [-0.05, 0) is 42.7 Å². The fraction of sp³-hybridized carbons (Fsp3) is 0.250. The third-order valence-electron chi connectivity index (χ3n) is 3.27. The van der Waals surface area contributed by atoms with Crippen LogP contribution in [0.4, 0.5) is 0 Å². The van der Waals surface area contributed by atoms with Gasteiger partial charge in [0.2, 0.25) is 0 Å². The van der Waals surface area contributed by atoms with Crippen LogP contribution in [0.25, 0.3) is 0 Å². The fourth-order valence-corrected chi connectivity index (χ4v) is 2.59. The molecule has 100 valence electrons. The van der Waals surface area contributed by atoms with E-state index in [1.807, 2.05) is 12.1 Å². The molecule has 2 aromatic carbocycles. The quantitative estimate of drug-likeness (QED) is 0.822. The Kier molecular flexibility index (Phi) is 4.87. The molecule has 0 fully saturated rings. The first kappa shape index (κ1) is 14.4. The van der Waals surface area contributed by atoms with E-state index in [2.05, 4.69) is 43.4 Å². The number of hydrogen-bond donors (Lipinski definition) is 1. The van der Waals surface area contributed by atoms with Crippen LogP contribution in [-0.2, 0) is 6.54 Å². The minimum absolute atomic E-state index is 0.285. The maximum atomic E-state index is 6.17. The normalized spacial score (nSPS) is 12.4. The average molecular weight is 294 g/mol. The molecule has 0 aliphatic carbocycles. The summed E-state index contributed by atoms with van der Waals surface area (Å²) in [5, 5.41) is 4.86. The van der Waals surface area contributed by atoms with Crippen LogP contribution in [0.5, 0.6) is 0 Å². The highest BCUT2D eigenvalue weighted by Gasteiger charge is 2.08. The monoisotopic (exact) mass is 293 g/mol. The van der Waals surface area contributed by atoms with Gasteiger partial charge in [0.05, 0.1) is 0 Å². The van der Waals surface area contributed by atoms with E-state index in [1.165, 1.54) is 11.1 Å². The van der Waals surface area contributed by atoms with Crippen molar-refractivity contribution in [3.05, 3.63) is 69.2 Å². The highest BCUT2D eigenvalue weighted by atomic mass is 35.5. The number of rotatable bonds is 4. The molecule has 19 heavy (non-hydrogen) atoms. The highest BCUT2D eigenvalue weighted by Crippen LogP contribution is 2.22. The van der Waals surface area contributed by atoms with E-state index in [-0.39, 0.29) is 6.04 Å². The number of aryl methyl sites for hydroxylation is 1. The summed E-state index contributed by atoms with van der Waals surface area (Å²) in [5.41, 5.74) is 3.67. The van der Waals surface area contributed by atoms with Crippen molar-refractivity contribution in [3.63, 3.8) is 0 Å². The van der Waals surface area contributed by atoms with E-state index in [0.717, 1.165) is 12.1 Å². The van der Waals surface area contributed by atoms with E-state index in [4.69, 9.17) is 23.2 Å². The Hall–Kier alpha value is -1.02. The molecule has 2 aromatic rings. The summed E-state index contributed by atoms with van der Waals surface area (Å²) in [6.07, 6.45) is 0. The van der Waals surface area contributed by atoms with Crippen LogP contribution in [0.1, 0.15) is 29.7 Å². The molecule has 0 aliphatic rings. The Bertz CT molecular complexity index is 566. The van der Waals surface area contributed by atoms with E-state index in [9.17, 15) is 0 Å². The van der Waals surface area contributed by atoms with Crippen LogP contribution in [0.15, 0.2) is 42.5 Å². The van der Waals surface area contributed by atoms with Crippen molar-refractivity contribution in [2.24, 2.45) is 0 Å². The molecule has 0 amide bonds. The molecule has 0 aromatic heterocycles. The second-order valence-corrected chi connectivity index (χ2v) is 5.54. The first-order chi connectivity index (χ1) is 9.08. The van der Waals surface area contributed by atoms with E-state index >= 15 is 0 Å². The van der Waals surface area contributed by atoms with Crippen LogP contribution in [0, 0.1) is 6.92 Å². The Balaban J connectivity index is 2.04. The van der Waals surface area contributed by atoms with Crippen LogP contribution in [0.2, 0.25) is 10.0 Å².